The van der Waals surface area contributed by atoms with Crippen LogP contribution in [0.3, 0.4) is 0 Å². The molecule has 4 rings (SSSR count). The van der Waals surface area contributed by atoms with Gasteiger partial charge in [-0.2, -0.15) is 9.97 Å². The number of fused-ring (bicyclic) bond motifs is 1. The number of aryl methyl sites for hydroxylation is 1. The lowest BCUT2D eigenvalue weighted by molar-refractivity contribution is 0.410. The minimum absolute atomic E-state index is 0.231. The molecular weight excluding hydrogens is 468 g/mol. The van der Waals surface area contributed by atoms with Gasteiger partial charge in [0.2, 0.25) is 5.95 Å². The van der Waals surface area contributed by atoms with Crippen molar-refractivity contribution in [3.63, 3.8) is 0 Å². The number of imidazole rings is 1. The van der Waals surface area contributed by atoms with Gasteiger partial charge in [-0.05, 0) is 76.9 Å². The number of anilines is 3. The highest BCUT2D eigenvalue weighted by Crippen LogP contribution is 2.54. The van der Waals surface area contributed by atoms with E-state index in [2.05, 4.69) is 22.5 Å². The van der Waals surface area contributed by atoms with Crippen LogP contribution >= 0.6 is 14.3 Å². The van der Waals surface area contributed by atoms with Gasteiger partial charge in [-0.15, -0.1) is 0 Å². The van der Waals surface area contributed by atoms with E-state index < -0.39 is 14.3 Å². The molecule has 34 heavy (non-hydrogen) atoms. The van der Waals surface area contributed by atoms with Crippen LogP contribution in [0.4, 0.5) is 17.5 Å². The molecule has 1 saturated carbocycles. The molecule has 0 bridgehead atoms. The van der Waals surface area contributed by atoms with E-state index in [9.17, 15) is 9.13 Å². The quantitative estimate of drug-likeness (QED) is 0.384. The van der Waals surface area contributed by atoms with Crippen LogP contribution in [0.25, 0.3) is 11.2 Å². The maximum absolute atomic E-state index is 13.1. The number of benzene rings is 1. The molecule has 2 heterocycles. The first-order chi connectivity index (χ1) is 16.0. The zero-order valence-corrected chi connectivity index (χ0v) is 22.2. The Morgan fingerprint density at radius 1 is 1.06 bits per heavy atom. The second-order valence-electron chi connectivity index (χ2n) is 9.84. The van der Waals surface area contributed by atoms with Gasteiger partial charge in [-0.25, -0.2) is 4.98 Å². The SMILES string of the molecule is CCn1cnc2c(Nc3ccc(P(C)(=O)CP(C)(C)=O)cc3)nc(NC3CCC(N)CC3)nc21. The summed E-state index contributed by atoms with van der Waals surface area (Å²) < 4.78 is 27.4. The molecule has 184 valence electrons. The molecular formula is C23H35N7O2P2. The average molecular weight is 504 g/mol. The van der Waals surface area contributed by atoms with Crippen molar-refractivity contribution >= 4 is 48.2 Å². The van der Waals surface area contributed by atoms with E-state index in [1.54, 1.807) is 26.3 Å². The summed E-state index contributed by atoms with van der Waals surface area (Å²) in [6, 6.07) is 8.01. The molecule has 1 aliphatic rings. The molecule has 1 unspecified atom stereocenters. The molecule has 1 aromatic carbocycles. The van der Waals surface area contributed by atoms with Gasteiger partial charge in [-0.3, -0.25) is 0 Å². The molecule has 9 nitrogen and oxygen atoms in total. The van der Waals surface area contributed by atoms with Gasteiger partial charge >= 0.3 is 0 Å². The van der Waals surface area contributed by atoms with Crippen LogP contribution in [-0.2, 0) is 15.7 Å². The number of nitrogens with one attached hydrogen (secondary N) is 2. The summed E-state index contributed by atoms with van der Waals surface area (Å²) >= 11 is 0. The lowest BCUT2D eigenvalue weighted by Crippen LogP contribution is -2.33. The third kappa shape index (κ3) is 5.88. The van der Waals surface area contributed by atoms with Gasteiger partial charge in [0.15, 0.2) is 17.0 Å². The Morgan fingerprint density at radius 2 is 1.74 bits per heavy atom. The Labute approximate surface area is 201 Å². The van der Waals surface area contributed by atoms with Crippen molar-refractivity contribution < 1.29 is 9.13 Å². The third-order valence-corrected chi connectivity index (χ3v) is 12.5. The standard InChI is InChI=1S/C23H35N7O2P2/c1-5-30-14-25-20-21(28-23(29-22(20)30)27-18-8-6-16(24)7-9-18)26-17-10-12-19(13-11-17)34(4,32)15-33(2,3)31/h10-14,16,18H,5-9,15,24H2,1-4H3,(H2,26,27,28,29). The number of nitrogens with two attached hydrogens (primary N) is 1. The minimum atomic E-state index is -2.69. The van der Waals surface area contributed by atoms with Crippen LogP contribution in [0.5, 0.6) is 0 Å². The Balaban J connectivity index is 1.60. The van der Waals surface area contributed by atoms with E-state index in [-0.39, 0.29) is 11.9 Å². The predicted octanol–water partition coefficient (Wildman–Crippen LogP) is 4.47. The van der Waals surface area contributed by atoms with E-state index in [1.165, 1.54) is 0 Å². The van der Waals surface area contributed by atoms with Crippen molar-refractivity contribution in [2.75, 3.05) is 36.5 Å². The third-order valence-electron chi connectivity index (χ3n) is 6.20. The van der Waals surface area contributed by atoms with E-state index in [0.717, 1.165) is 48.9 Å². The monoisotopic (exact) mass is 503 g/mol. The molecule has 4 N–H and O–H groups in total. The molecule has 1 aliphatic carbocycles. The lowest BCUT2D eigenvalue weighted by atomic mass is 9.92. The van der Waals surface area contributed by atoms with E-state index >= 15 is 0 Å². The Kier molecular flexibility index (Phi) is 7.18. The predicted molar refractivity (Wildman–Crippen MR) is 142 cm³/mol. The van der Waals surface area contributed by atoms with Crippen LogP contribution in [0.15, 0.2) is 30.6 Å². The van der Waals surface area contributed by atoms with Gasteiger partial charge in [0.05, 0.1) is 19.4 Å². The zero-order chi connectivity index (χ0) is 24.5. The van der Waals surface area contributed by atoms with Crippen LogP contribution in [0.1, 0.15) is 32.6 Å². The largest absolute Gasteiger partial charge is 0.351 e. The van der Waals surface area contributed by atoms with Gasteiger partial charge in [0.25, 0.3) is 0 Å². The smallest absolute Gasteiger partial charge is 0.227 e. The van der Waals surface area contributed by atoms with Crippen molar-refractivity contribution in [1.82, 2.24) is 19.5 Å². The van der Waals surface area contributed by atoms with E-state index in [1.807, 2.05) is 28.8 Å². The van der Waals surface area contributed by atoms with Crippen molar-refractivity contribution in [2.24, 2.45) is 5.73 Å². The first-order valence-corrected chi connectivity index (χ1v) is 16.9. The normalized spacial score (nSPS) is 20.7. The van der Waals surface area contributed by atoms with Gasteiger partial charge in [0, 0.05) is 29.6 Å². The first kappa shape index (κ1) is 24.9. The van der Waals surface area contributed by atoms with Crippen LogP contribution in [-0.4, -0.2) is 57.5 Å². The zero-order valence-electron chi connectivity index (χ0n) is 20.4. The molecule has 0 aliphatic heterocycles. The summed E-state index contributed by atoms with van der Waals surface area (Å²) in [7, 11) is -5.09. The van der Waals surface area contributed by atoms with Crippen molar-refractivity contribution in [1.29, 1.82) is 0 Å². The van der Waals surface area contributed by atoms with Crippen LogP contribution < -0.4 is 21.7 Å². The van der Waals surface area contributed by atoms with Crippen molar-refractivity contribution in [2.45, 2.75) is 51.2 Å². The number of rotatable bonds is 8. The fraction of sp³-hybridized carbons (Fsp3) is 0.522. The maximum atomic E-state index is 13.1. The Hall–Kier alpha value is -2.21. The number of hydrogen-bond acceptors (Lipinski definition) is 8. The maximum Gasteiger partial charge on any atom is 0.227 e. The highest BCUT2D eigenvalue weighted by Gasteiger charge is 2.25. The molecule has 11 heteroatoms. The minimum Gasteiger partial charge on any atom is -0.351 e. The molecule has 0 spiro atoms. The topological polar surface area (TPSA) is 128 Å². The first-order valence-electron chi connectivity index (χ1n) is 11.8. The fourth-order valence-electron chi connectivity index (χ4n) is 4.50. The average Bonchev–Trinajstić information content (AvgIpc) is 3.17. The lowest BCUT2D eigenvalue weighted by Gasteiger charge is -2.26. The molecule has 1 fully saturated rings. The summed E-state index contributed by atoms with van der Waals surface area (Å²) in [5.41, 5.74) is 8.33. The molecule has 2 aromatic heterocycles. The number of aromatic nitrogens is 4. The van der Waals surface area contributed by atoms with E-state index in [0.29, 0.717) is 23.3 Å². The summed E-state index contributed by atoms with van der Waals surface area (Å²) in [4.78, 5) is 14.0. The van der Waals surface area contributed by atoms with Crippen molar-refractivity contribution in [3.8, 4) is 0 Å². The Bertz CT molecular complexity index is 1240. The second-order valence-corrected chi connectivity index (χ2v) is 16.8. The van der Waals surface area contributed by atoms with Crippen LogP contribution in [0, 0.1) is 0 Å². The van der Waals surface area contributed by atoms with Gasteiger partial charge in [-0.1, -0.05) is 0 Å². The summed E-state index contributed by atoms with van der Waals surface area (Å²) in [6.07, 6.45) is 5.77. The fourth-order valence-corrected chi connectivity index (χ4v) is 11.1. The molecule has 3 aromatic rings. The van der Waals surface area contributed by atoms with Gasteiger partial charge in [0.1, 0.15) is 7.14 Å². The summed E-state index contributed by atoms with van der Waals surface area (Å²) in [5, 5.41) is 7.58. The number of nitrogens with zero attached hydrogens (tertiary/aromatic N) is 4. The van der Waals surface area contributed by atoms with Crippen molar-refractivity contribution in [3.05, 3.63) is 30.6 Å². The van der Waals surface area contributed by atoms with Crippen LogP contribution in [0.2, 0.25) is 0 Å². The molecule has 0 radical (unpaired) electrons. The highest BCUT2D eigenvalue weighted by molar-refractivity contribution is 7.83. The molecule has 0 saturated heterocycles. The highest BCUT2D eigenvalue weighted by atomic mass is 31.2. The van der Waals surface area contributed by atoms with Gasteiger partial charge < -0.3 is 30.1 Å². The molecule has 1 atom stereocenters. The molecule has 0 amide bonds. The van der Waals surface area contributed by atoms with E-state index in [4.69, 9.17) is 15.7 Å². The Morgan fingerprint density at radius 3 is 2.35 bits per heavy atom. The summed E-state index contributed by atoms with van der Waals surface area (Å²) in [6.45, 7) is 7.88. The number of hydrogen-bond donors (Lipinski definition) is 3. The summed E-state index contributed by atoms with van der Waals surface area (Å²) in [5.74, 6) is 1.42. The second kappa shape index (κ2) is 9.80.